The van der Waals surface area contributed by atoms with Crippen molar-refractivity contribution in [3.63, 3.8) is 0 Å². The second kappa shape index (κ2) is 7.54. The van der Waals surface area contributed by atoms with Crippen LogP contribution in [-0.2, 0) is 0 Å². The summed E-state index contributed by atoms with van der Waals surface area (Å²) in [5.74, 6) is -0.259. The summed E-state index contributed by atoms with van der Waals surface area (Å²) in [5.41, 5.74) is 4.25. The number of nitrogens with one attached hydrogen (secondary N) is 1. The number of aromatic nitrogens is 1. The number of pyridine rings is 1. The molecule has 6 heteroatoms. The second-order valence-corrected chi connectivity index (χ2v) is 7.85. The SMILES string of the molecule is O=C(c1ccccn1)N1CC[C@@H]2[C@H]1c1cc(-c3ccc(F)cc3)ccc1N[C@@H]2CO. The number of aliphatic hydroxyl groups is 1. The van der Waals surface area contributed by atoms with Gasteiger partial charge in [0.1, 0.15) is 11.5 Å². The number of likely N-dealkylation sites (tertiary alicyclic amines) is 1. The van der Waals surface area contributed by atoms with Crippen molar-refractivity contribution >= 4 is 11.6 Å². The summed E-state index contributed by atoms with van der Waals surface area (Å²) in [6.45, 7) is 0.620. The van der Waals surface area contributed by atoms with Crippen LogP contribution in [-0.4, -0.2) is 40.1 Å². The summed E-state index contributed by atoms with van der Waals surface area (Å²) in [5, 5.41) is 13.4. The molecule has 2 aromatic carbocycles. The molecule has 5 rings (SSSR count). The Morgan fingerprint density at radius 1 is 1.13 bits per heavy atom. The van der Waals surface area contributed by atoms with Crippen molar-refractivity contribution in [3.8, 4) is 11.1 Å². The molecule has 30 heavy (non-hydrogen) atoms. The highest BCUT2D eigenvalue weighted by Crippen LogP contribution is 2.47. The lowest BCUT2D eigenvalue weighted by Gasteiger charge is -2.39. The molecule has 1 saturated heterocycles. The molecule has 1 fully saturated rings. The van der Waals surface area contributed by atoms with Crippen LogP contribution in [0.3, 0.4) is 0 Å². The lowest BCUT2D eigenvalue weighted by molar-refractivity contribution is 0.0695. The third kappa shape index (κ3) is 3.13. The number of nitrogens with zero attached hydrogens (tertiary/aromatic N) is 2. The Labute approximate surface area is 174 Å². The van der Waals surface area contributed by atoms with Crippen molar-refractivity contribution < 1.29 is 14.3 Å². The van der Waals surface area contributed by atoms with Gasteiger partial charge in [0.05, 0.1) is 18.7 Å². The summed E-state index contributed by atoms with van der Waals surface area (Å²) in [6.07, 6.45) is 2.43. The number of hydrogen-bond acceptors (Lipinski definition) is 4. The van der Waals surface area contributed by atoms with E-state index < -0.39 is 0 Å². The third-order valence-corrected chi connectivity index (χ3v) is 6.19. The predicted octanol–water partition coefficient (Wildman–Crippen LogP) is 3.88. The van der Waals surface area contributed by atoms with E-state index in [1.54, 1.807) is 30.5 Å². The molecule has 2 aliphatic rings. The summed E-state index contributed by atoms with van der Waals surface area (Å²) in [7, 11) is 0. The van der Waals surface area contributed by atoms with Gasteiger partial charge in [0.15, 0.2) is 0 Å². The van der Waals surface area contributed by atoms with Crippen LogP contribution in [0.1, 0.15) is 28.5 Å². The number of hydrogen-bond donors (Lipinski definition) is 2. The molecule has 0 radical (unpaired) electrons. The maximum atomic E-state index is 13.4. The van der Waals surface area contributed by atoms with Gasteiger partial charge in [-0.2, -0.15) is 0 Å². The average molecular weight is 403 g/mol. The molecular formula is C24H22FN3O2. The molecule has 2 N–H and O–H groups in total. The lowest BCUT2D eigenvalue weighted by Crippen LogP contribution is -2.43. The van der Waals surface area contributed by atoms with Crippen LogP contribution in [0, 0.1) is 11.7 Å². The first-order chi connectivity index (χ1) is 14.7. The lowest BCUT2D eigenvalue weighted by atomic mass is 9.82. The van der Waals surface area contributed by atoms with Gasteiger partial charge in [0, 0.05) is 24.3 Å². The molecule has 0 unspecified atom stereocenters. The maximum absolute atomic E-state index is 13.4. The van der Waals surface area contributed by atoms with Crippen LogP contribution in [0.25, 0.3) is 11.1 Å². The molecule has 0 aliphatic carbocycles. The van der Waals surface area contributed by atoms with Crippen molar-refractivity contribution in [2.24, 2.45) is 5.92 Å². The first kappa shape index (κ1) is 18.8. The van der Waals surface area contributed by atoms with Gasteiger partial charge in [-0.25, -0.2) is 4.39 Å². The second-order valence-electron chi connectivity index (χ2n) is 7.85. The maximum Gasteiger partial charge on any atom is 0.272 e. The molecule has 0 saturated carbocycles. The fourth-order valence-electron chi connectivity index (χ4n) is 4.75. The topological polar surface area (TPSA) is 65.5 Å². The number of fused-ring (bicyclic) bond motifs is 3. The zero-order chi connectivity index (χ0) is 20.7. The number of anilines is 1. The van der Waals surface area contributed by atoms with E-state index in [2.05, 4.69) is 16.4 Å². The van der Waals surface area contributed by atoms with E-state index >= 15 is 0 Å². The minimum Gasteiger partial charge on any atom is -0.394 e. The molecule has 0 spiro atoms. The highest BCUT2D eigenvalue weighted by molar-refractivity contribution is 5.93. The number of carbonyl (C=O) groups is 1. The molecule has 3 atom stereocenters. The number of rotatable bonds is 3. The van der Waals surface area contributed by atoms with E-state index in [1.165, 1.54) is 12.1 Å². The van der Waals surface area contributed by atoms with Crippen molar-refractivity contribution in [3.05, 3.63) is 83.9 Å². The van der Waals surface area contributed by atoms with Gasteiger partial charge in [0.2, 0.25) is 0 Å². The molecule has 3 heterocycles. The summed E-state index contributed by atoms with van der Waals surface area (Å²) >= 11 is 0. The van der Waals surface area contributed by atoms with Gasteiger partial charge in [-0.05, 0) is 59.5 Å². The van der Waals surface area contributed by atoms with Crippen molar-refractivity contribution in [2.75, 3.05) is 18.5 Å². The molecule has 152 valence electrons. The quantitative estimate of drug-likeness (QED) is 0.697. The van der Waals surface area contributed by atoms with Gasteiger partial charge in [-0.3, -0.25) is 9.78 Å². The minimum atomic E-state index is -0.271. The molecule has 0 bridgehead atoms. The van der Waals surface area contributed by atoms with E-state index in [0.717, 1.165) is 28.8 Å². The Morgan fingerprint density at radius 2 is 1.93 bits per heavy atom. The van der Waals surface area contributed by atoms with E-state index in [1.807, 2.05) is 23.1 Å². The normalized spacial score (nSPS) is 22.2. The summed E-state index contributed by atoms with van der Waals surface area (Å²) in [4.78, 5) is 19.4. The van der Waals surface area contributed by atoms with E-state index in [-0.39, 0.29) is 36.3 Å². The zero-order valence-corrected chi connectivity index (χ0v) is 16.3. The smallest absolute Gasteiger partial charge is 0.272 e. The molecule has 2 aliphatic heterocycles. The number of benzene rings is 2. The average Bonchev–Trinajstić information content (AvgIpc) is 3.24. The largest absolute Gasteiger partial charge is 0.394 e. The van der Waals surface area contributed by atoms with E-state index in [0.29, 0.717) is 12.2 Å². The van der Waals surface area contributed by atoms with Gasteiger partial charge in [-0.15, -0.1) is 0 Å². The van der Waals surface area contributed by atoms with Crippen LogP contribution in [0.4, 0.5) is 10.1 Å². The first-order valence-corrected chi connectivity index (χ1v) is 10.1. The standard InChI is InChI=1S/C24H22FN3O2/c25-17-7-4-15(5-8-17)16-6-9-20-19(13-16)23-18(22(14-29)27-20)10-12-28(23)24(30)21-3-1-2-11-26-21/h1-9,11,13,18,22-23,27,29H,10,12,14H2/t18-,22+,23-/m0/s1. The van der Waals surface area contributed by atoms with Crippen LogP contribution in [0.15, 0.2) is 66.9 Å². The van der Waals surface area contributed by atoms with E-state index in [4.69, 9.17) is 0 Å². The van der Waals surface area contributed by atoms with Crippen molar-refractivity contribution in [2.45, 2.75) is 18.5 Å². The summed E-state index contributed by atoms with van der Waals surface area (Å²) in [6, 6.07) is 17.5. The molecule has 3 aromatic rings. The van der Waals surface area contributed by atoms with Crippen LogP contribution < -0.4 is 5.32 Å². The number of carbonyl (C=O) groups excluding carboxylic acids is 1. The zero-order valence-electron chi connectivity index (χ0n) is 16.3. The Kier molecular flexibility index (Phi) is 4.71. The fraction of sp³-hybridized carbons (Fsp3) is 0.250. The van der Waals surface area contributed by atoms with Crippen LogP contribution in [0.5, 0.6) is 0 Å². The minimum absolute atomic E-state index is 0.00589. The summed E-state index contributed by atoms with van der Waals surface area (Å²) < 4.78 is 13.4. The first-order valence-electron chi connectivity index (χ1n) is 10.1. The molecule has 1 amide bonds. The highest BCUT2D eigenvalue weighted by atomic mass is 19.1. The van der Waals surface area contributed by atoms with Crippen LogP contribution in [0.2, 0.25) is 0 Å². The Morgan fingerprint density at radius 3 is 2.67 bits per heavy atom. The Bertz CT molecular complexity index is 1070. The predicted molar refractivity (Wildman–Crippen MR) is 112 cm³/mol. The molecule has 1 aromatic heterocycles. The van der Waals surface area contributed by atoms with Gasteiger partial charge in [0.25, 0.3) is 5.91 Å². The van der Waals surface area contributed by atoms with E-state index in [9.17, 15) is 14.3 Å². The number of aliphatic hydroxyl groups excluding tert-OH is 1. The fourth-order valence-corrected chi connectivity index (χ4v) is 4.75. The number of amides is 1. The van der Waals surface area contributed by atoms with Gasteiger partial charge in [-0.1, -0.05) is 24.3 Å². The van der Waals surface area contributed by atoms with Gasteiger partial charge < -0.3 is 15.3 Å². The van der Waals surface area contributed by atoms with Crippen molar-refractivity contribution in [1.82, 2.24) is 9.88 Å². The molecular weight excluding hydrogens is 381 g/mol. The Balaban J connectivity index is 1.57. The molecule has 5 nitrogen and oxygen atoms in total. The number of halogens is 1. The monoisotopic (exact) mass is 403 g/mol. The van der Waals surface area contributed by atoms with Crippen LogP contribution >= 0.6 is 0 Å². The van der Waals surface area contributed by atoms with Gasteiger partial charge >= 0.3 is 0 Å². The van der Waals surface area contributed by atoms with Crippen molar-refractivity contribution in [1.29, 1.82) is 0 Å². The highest BCUT2D eigenvalue weighted by Gasteiger charge is 2.46. The third-order valence-electron chi connectivity index (χ3n) is 6.19. The Hall–Kier alpha value is -3.25.